The van der Waals surface area contributed by atoms with Gasteiger partial charge in [0.25, 0.3) is 0 Å². The molecule has 0 saturated carbocycles. The molecule has 24 heavy (non-hydrogen) atoms. The molecule has 0 spiro atoms. The van der Waals surface area contributed by atoms with Crippen LogP contribution in [0.4, 0.5) is 0 Å². The zero-order valence-electron chi connectivity index (χ0n) is 18.5. The van der Waals surface area contributed by atoms with Crippen molar-refractivity contribution >= 4 is 22.3 Å². The summed E-state index contributed by atoms with van der Waals surface area (Å²) < 4.78 is 63.9. The van der Waals surface area contributed by atoms with Crippen LogP contribution >= 0.6 is 0 Å². The van der Waals surface area contributed by atoms with Crippen molar-refractivity contribution in [3.8, 4) is 11.6 Å². The average molecular weight is 351 g/mol. The Morgan fingerprint density at radius 2 is 2.08 bits per heavy atom. The lowest BCUT2D eigenvalue weighted by Gasteiger charge is -2.13. The summed E-state index contributed by atoms with van der Waals surface area (Å²) in [5.41, 5.74) is -1.94. The molecule has 0 fully saturated rings. The van der Waals surface area contributed by atoms with E-state index in [1.807, 2.05) is 0 Å². The number of nitrogens with zero attached hydrogens (tertiary/aromatic N) is 3. The van der Waals surface area contributed by atoms with Crippen molar-refractivity contribution in [2.75, 3.05) is 14.2 Å². The third-order valence-corrected chi connectivity index (χ3v) is 4.22. The van der Waals surface area contributed by atoms with Gasteiger partial charge in [0.05, 0.1) is 32.3 Å². The third-order valence-electron chi connectivity index (χ3n) is 3.30. The fourth-order valence-electron chi connectivity index (χ4n) is 2.14. The monoisotopic (exact) mass is 351 g/mol. The quantitative estimate of drug-likeness (QED) is 0.709. The van der Waals surface area contributed by atoms with Crippen molar-refractivity contribution in [1.82, 2.24) is 19.9 Å². The summed E-state index contributed by atoms with van der Waals surface area (Å²) in [5.74, 6) is 0.179. The van der Waals surface area contributed by atoms with Crippen LogP contribution in [-0.2, 0) is 16.9 Å². The predicted octanol–water partition coefficient (Wildman–Crippen LogP) is 2.29. The molecular formula is C16H18N4O3S. The lowest BCUT2D eigenvalue weighted by molar-refractivity contribution is 0.399. The second-order valence-electron chi connectivity index (χ2n) is 4.84. The van der Waals surface area contributed by atoms with Crippen LogP contribution in [0.1, 0.15) is 23.7 Å². The molecule has 3 aromatic rings. The van der Waals surface area contributed by atoms with Crippen LogP contribution in [0.3, 0.4) is 0 Å². The maximum absolute atomic E-state index is 13.1. The Kier molecular flexibility index (Phi) is 3.13. The van der Waals surface area contributed by atoms with Gasteiger partial charge in [-0.3, -0.25) is 9.97 Å². The highest BCUT2D eigenvalue weighted by Gasteiger charge is 2.21. The van der Waals surface area contributed by atoms with Gasteiger partial charge >= 0.3 is 5.16 Å². The molecule has 0 aliphatic carbocycles. The van der Waals surface area contributed by atoms with E-state index in [4.69, 9.17) is 16.3 Å². The van der Waals surface area contributed by atoms with Crippen LogP contribution in [-0.4, -0.2) is 38.7 Å². The second-order valence-corrected chi connectivity index (χ2v) is 5.97. The van der Waals surface area contributed by atoms with E-state index in [2.05, 4.69) is 19.9 Å². The molecule has 0 aliphatic heterocycles. The van der Waals surface area contributed by atoms with Crippen molar-refractivity contribution in [1.29, 1.82) is 0 Å². The maximum atomic E-state index is 13.1. The van der Waals surface area contributed by atoms with Crippen LogP contribution in [0.2, 0.25) is 0 Å². The van der Waals surface area contributed by atoms with Crippen LogP contribution in [0.25, 0.3) is 11.2 Å². The van der Waals surface area contributed by atoms with E-state index < -0.39 is 16.9 Å². The van der Waals surface area contributed by atoms with Crippen LogP contribution < -0.4 is 9.47 Å². The lowest BCUT2D eigenvalue weighted by atomic mass is 10.1. The summed E-state index contributed by atoms with van der Waals surface area (Å²) >= 11 is -2.40. The van der Waals surface area contributed by atoms with E-state index >= 15 is 0 Å². The standard InChI is InChI=1S/C16H18N4O3S/c1-9-7-17-12(10(2)14(9)23-4)8-24(21)16-18-11-5-6-13(22-3)19-15(11)20-16/h5-7H,8H2,1-4H3,(H,18,19,20)/i5D,6D,7D,8D2. The first kappa shape index (κ1) is 11.3. The van der Waals surface area contributed by atoms with Gasteiger partial charge in [-0.05, 0) is 19.9 Å². The van der Waals surface area contributed by atoms with Gasteiger partial charge in [-0.15, -0.1) is 0 Å². The van der Waals surface area contributed by atoms with Gasteiger partial charge in [-0.2, -0.15) is 9.97 Å². The van der Waals surface area contributed by atoms with Crippen molar-refractivity contribution in [3.05, 3.63) is 35.1 Å². The van der Waals surface area contributed by atoms with Gasteiger partial charge in [-0.25, -0.2) is 0 Å². The summed E-state index contributed by atoms with van der Waals surface area (Å²) in [6, 6.07) is -0.536. The molecule has 0 aromatic carbocycles. The highest BCUT2D eigenvalue weighted by Crippen LogP contribution is 2.26. The Morgan fingerprint density at radius 3 is 2.79 bits per heavy atom. The molecule has 0 saturated heterocycles. The van der Waals surface area contributed by atoms with Crippen LogP contribution in [0.15, 0.2) is 23.4 Å². The number of aromatic amines is 1. The Hall–Kier alpha value is -2.32. The SMILES string of the molecule is [2H]c1nc(C([2H])([2H])[S+]([O-])c2nc3nc(OC)c([2H])c([2H])c3[nH]2)c(C)c(OC)c1C. The first-order chi connectivity index (χ1) is 13.5. The van der Waals surface area contributed by atoms with Gasteiger partial charge in [0.2, 0.25) is 5.88 Å². The van der Waals surface area contributed by atoms with E-state index in [-0.39, 0.29) is 46.2 Å². The number of rotatable bonds is 5. The van der Waals surface area contributed by atoms with E-state index in [0.717, 1.165) is 0 Å². The number of methoxy groups -OCH3 is 2. The minimum atomic E-state index is -2.52. The Bertz CT molecular complexity index is 1110. The zero-order valence-corrected chi connectivity index (χ0v) is 14.3. The summed E-state index contributed by atoms with van der Waals surface area (Å²) in [5, 5.41) is -0.272. The molecule has 3 heterocycles. The van der Waals surface area contributed by atoms with Crippen LogP contribution in [0, 0.1) is 13.8 Å². The fraction of sp³-hybridized carbons (Fsp3) is 0.312. The first-order valence-corrected chi connectivity index (χ1v) is 8.04. The van der Waals surface area contributed by atoms with Gasteiger partial charge in [0, 0.05) is 34.5 Å². The third kappa shape index (κ3) is 3.02. The highest BCUT2D eigenvalue weighted by molar-refractivity contribution is 7.90. The number of imidazole rings is 1. The van der Waals surface area contributed by atoms with Crippen molar-refractivity contribution in [3.63, 3.8) is 0 Å². The minimum absolute atomic E-state index is 0.0191. The number of fused-ring (bicyclic) bond motifs is 1. The van der Waals surface area contributed by atoms with Crippen molar-refractivity contribution in [2.45, 2.75) is 24.7 Å². The normalized spacial score (nSPS) is 16.0. The summed E-state index contributed by atoms with van der Waals surface area (Å²) in [4.78, 5) is 14.6. The predicted molar refractivity (Wildman–Crippen MR) is 90.8 cm³/mol. The number of H-pyrrole nitrogens is 1. The van der Waals surface area contributed by atoms with E-state index in [9.17, 15) is 4.55 Å². The number of aromatic nitrogens is 4. The molecule has 3 aromatic heterocycles. The van der Waals surface area contributed by atoms with Crippen molar-refractivity contribution < 1.29 is 20.9 Å². The molecule has 126 valence electrons. The zero-order chi connectivity index (χ0) is 21.7. The van der Waals surface area contributed by atoms with Gasteiger partial charge in [0.1, 0.15) is 5.75 Å². The smallest absolute Gasteiger partial charge is 0.323 e. The topological polar surface area (TPSA) is 96.0 Å². The first-order valence-electron chi connectivity index (χ1n) is 9.39. The fourth-order valence-corrected chi connectivity index (χ4v) is 2.98. The van der Waals surface area contributed by atoms with Crippen LogP contribution in [0.5, 0.6) is 11.6 Å². The maximum Gasteiger partial charge on any atom is 0.323 e. The molecular weight excluding hydrogens is 328 g/mol. The number of hydrogen-bond acceptors (Lipinski definition) is 6. The second kappa shape index (κ2) is 6.66. The molecule has 0 bridgehead atoms. The van der Waals surface area contributed by atoms with Gasteiger partial charge in [-0.1, -0.05) is 0 Å². The summed E-state index contributed by atoms with van der Waals surface area (Å²) in [6.45, 7) is 3.20. The molecule has 1 N–H and O–H groups in total. The minimum Gasteiger partial charge on any atom is -0.609 e. The molecule has 1 unspecified atom stereocenters. The number of ether oxygens (including phenoxy) is 2. The molecule has 7 nitrogen and oxygen atoms in total. The average Bonchev–Trinajstić information content (AvgIpc) is 3.11. The molecule has 1 atom stereocenters. The largest absolute Gasteiger partial charge is 0.609 e. The number of hydrogen-bond donors (Lipinski definition) is 1. The summed E-state index contributed by atoms with van der Waals surface area (Å²) in [7, 11) is 2.70. The van der Waals surface area contributed by atoms with Crippen molar-refractivity contribution in [2.24, 2.45) is 0 Å². The van der Waals surface area contributed by atoms with E-state index in [1.54, 1.807) is 13.8 Å². The van der Waals surface area contributed by atoms with Gasteiger partial charge < -0.3 is 14.0 Å². The van der Waals surface area contributed by atoms with E-state index in [0.29, 0.717) is 16.9 Å². The Morgan fingerprint density at radius 1 is 1.29 bits per heavy atom. The summed E-state index contributed by atoms with van der Waals surface area (Å²) in [6.07, 6.45) is -0.188. The lowest BCUT2D eigenvalue weighted by Crippen LogP contribution is -2.10. The molecule has 0 amide bonds. The highest BCUT2D eigenvalue weighted by atomic mass is 32.2. The Labute approximate surface area is 149 Å². The van der Waals surface area contributed by atoms with E-state index in [1.165, 1.54) is 14.2 Å². The number of pyridine rings is 2. The molecule has 8 heteroatoms. The molecule has 0 radical (unpaired) electrons. The molecule has 0 aliphatic rings. The Balaban J connectivity index is 2.14. The molecule has 3 rings (SSSR count). The van der Waals surface area contributed by atoms with Gasteiger partial charge in [0.15, 0.2) is 11.4 Å². The number of nitrogens with one attached hydrogen (secondary N) is 1.